The van der Waals surface area contributed by atoms with Crippen LogP contribution in [0.15, 0.2) is 70.9 Å². The van der Waals surface area contributed by atoms with Gasteiger partial charge >= 0.3 is 0 Å². The third kappa shape index (κ3) is 10.00. The molecule has 0 radical (unpaired) electrons. The molecule has 3 aromatic carbocycles. The molecule has 214 valence electrons. The number of sulfonamides is 1. The Labute approximate surface area is 239 Å². The van der Waals surface area contributed by atoms with Crippen molar-refractivity contribution < 1.29 is 13.2 Å². The topological polar surface area (TPSA) is 91.4 Å². The van der Waals surface area contributed by atoms with Crippen LogP contribution in [0.1, 0.15) is 48.5 Å². The van der Waals surface area contributed by atoms with Crippen molar-refractivity contribution in [1.82, 2.24) is 4.98 Å². The second-order valence-electron chi connectivity index (χ2n) is 7.23. The van der Waals surface area contributed by atoms with Gasteiger partial charge in [-0.05, 0) is 31.2 Å². The molecule has 1 heterocycles. The summed E-state index contributed by atoms with van der Waals surface area (Å²) >= 11 is 1.50. The first kappa shape index (κ1) is 35.6. The van der Waals surface area contributed by atoms with E-state index in [2.05, 4.69) is 15.0 Å². The zero-order chi connectivity index (χ0) is 30.0. The lowest BCUT2D eigenvalue weighted by molar-refractivity contribution is -0.106. The van der Waals surface area contributed by atoms with E-state index in [1.54, 1.807) is 24.3 Å². The number of hydrogen-bond acceptors (Lipinski definition) is 7. The van der Waals surface area contributed by atoms with E-state index in [0.29, 0.717) is 11.1 Å². The number of carbonyl (C=O) groups is 1. The minimum atomic E-state index is -3.78. The number of carbonyl (C=O) groups excluding carboxylic acids is 1. The van der Waals surface area contributed by atoms with Crippen molar-refractivity contribution in [1.29, 1.82) is 0 Å². The Hall–Kier alpha value is -3.43. The van der Waals surface area contributed by atoms with Gasteiger partial charge in [-0.1, -0.05) is 77.9 Å². The molecular weight excluding hydrogens is 528 g/mol. The van der Waals surface area contributed by atoms with Gasteiger partial charge in [0.25, 0.3) is 10.0 Å². The summed E-state index contributed by atoms with van der Waals surface area (Å²) in [7, 11) is 1.92. The molecule has 0 spiro atoms. The first-order valence-electron chi connectivity index (χ1n) is 13.2. The largest absolute Gasteiger partial charge is 0.377 e. The molecule has 7 nitrogen and oxygen atoms in total. The molecule has 2 N–H and O–H groups in total. The van der Waals surface area contributed by atoms with Crippen LogP contribution < -0.4 is 14.9 Å². The van der Waals surface area contributed by atoms with Crippen molar-refractivity contribution in [3.63, 3.8) is 0 Å². The van der Waals surface area contributed by atoms with Crippen LogP contribution in [0.3, 0.4) is 0 Å². The van der Waals surface area contributed by atoms with Crippen molar-refractivity contribution in [2.75, 3.05) is 36.1 Å². The fraction of sp³-hybridized carbons (Fsp3) is 0.333. The van der Waals surface area contributed by atoms with Crippen LogP contribution in [0, 0.1) is 0 Å². The van der Waals surface area contributed by atoms with Crippen LogP contribution in [0.25, 0.3) is 22.0 Å². The van der Waals surface area contributed by atoms with E-state index < -0.39 is 10.0 Å². The lowest BCUT2D eigenvalue weighted by Gasteiger charge is -2.17. The Morgan fingerprint density at radius 1 is 0.872 bits per heavy atom. The molecule has 0 saturated heterocycles. The van der Waals surface area contributed by atoms with Crippen LogP contribution in [-0.2, 0) is 14.8 Å². The van der Waals surface area contributed by atoms with Crippen LogP contribution in [0.5, 0.6) is 0 Å². The van der Waals surface area contributed by atoms with Gasteiger partial charge in [0, 0.05) is 54.2 Å². The number of hydrogen-bond donors (Lipinski definition) is 2. The molecule has 0 fully saturated rings. The molecule has 0 unspecified atom stereocenters. The lowest BCUT2D eigenvalue weighted by atomic mass is 10.1. The summed E-state index contributed by atoms with van der Waals surface area (Å²) < 4.78 is 29.2. The van der Waals surface area contributed by atoms with Crippen molar-refractivity contribution >= 4 is 54.9 Å². The summed E-state index contributed by atoms with van der Waals surface area (Å²) in [4.78, 5) is 15.5. The Morgan fingerprint density at radius 3 is 2.00 bits per heavy atom. The van der Waals surface area contributed by atoms with E-state index in [4.69, 9.17) is 4.79 Å². The number of nitrogens with zero attached hydrogens (tertiary/aromatic N) is 2. The molecule has 4 aromatic rings. The molecule has 0 aliphatic heterocycles. The number of aromatic nitrogens is 1. The molecule has 9 heteroatoms. The van der Waals surface area contributed by atoms with Crippen LogP contribution in [-0.4, -0.2) is 40.8 Å². The Bertz CT molecular complexity index is 1370. The highest BCUT2D eigenvalue weighted by molar-refractivity contribution is 7.93. The Morgan fingerprint density at radius 2 is 1.44 bits per heavy atom. The molecule has 4 rings (SSSR count). The Balaban J connectivity index is 0.00000145. The van der Waals surface area contributed by atoms with Gasteiger partial charge in [-0.2, -0.15) is 0 Å². The minimum absolute atomic E-state index is 0.250. The maximum Gasteiger partial charge on any atom is 0.262 e. The smallest absolute Gasteiger partial charge is 0.262 e. The average molecular weight is 573 g/mol. The fourth-order valence-electron chi connectivity index (χ4n) is 3.36. The van der Waals surface area contributed by atoms with Gasteiger partial charge < -0.3 is 15.0 Å². The van der Waals surface area contributed by atoms with Crippen LogP contribution >= 0.6 is 11.3 Å². The van der Waals surface area contributed by atoms with E-state index in [-0.39, 0.29) is 4.90 Å². The van der Waals surface area contributed by atoms with Crippen LogP contribution in [0.2, 0.25) is 0 Å². The van der Waals surface area contributed by atoms with Gasteiger partial charge in [0.2, 0.25) is 0 Å². The molecule has 0 aliphatic carbocycles. The number of fused-ring (bicyclic) bond motifs is 1. The normalized spacial score (nSPS) is 9.59. The predicted octanol–water partition coefficient (Wildman–Crippen LogP) is 8.16. The highest BCUT2D eigenvalue weighted by Gasteiger charge is 2.19. The van der Waals surface area contributed by atoms with Gasteiger partial charge in [0.1, 0.15) is 6.29 Å². The molecular formula is C30H44N4O3S2. The third-order valence-electron chi connectivity index (χ3n) is 4.76. The molecule has 0 aliphatic rings. The SMILES string of the molecule is CC.CC.CC.CC=O.CNc1nc(-c2cccc(NS(=O)(=O)c3cccc4c(N(C)C)cccc34)c2)cs1. The number of aldehydes is 1. The van der Waals surface area contributed by atoms with E-state index in [0.717, 1.165) is 33.7 Å². The summed E-state index contributed by atoms with van der Waals surface area (Å²) in [5.41, 5.74) is 3.11. The molecule has 0 saturated carbocycles. The highest BCUT2D eigenvalue weighted by Crippen LogP contribution is 2.32. The zero-order valence-corrected chi connectivity index (χ0v) is 26.5. The van der Waals surface area contributed by atoms with E-state index in [1.807, 2.05) is 109 Å². The first-order chi connectivity index (χ1) is 18.8. The maximum absolute atomic E-state index is 13.2. The summed E-state index contributed by atoms with van der Waals surface area (Å²) in [6.45, 7) is 13.4. The van der Waals surface area contributed by atoms with Crippen molar-refractivity contribution in [2.24, 2.45) is 0 Å². The Kier molecular flexibility index (Phi) is 17.1. The average Bonchev–Trinajstić information content (AvgIpc) is 3.45. The lowest BCUT2D eigenvalue weighted by Crippen LogP contribution is -2.14. The molecule has 0 atom stereocenters. The summed E-state index contributed by atoms with van der Waals surface area (Å²) in [5.74, 6) is 0. The van der Waals surface area contributed by atoms with E-state index in [1.165, 1.54) is 18.3 Å². The first-order valence-corrected chi connectivity index (χ1v) is 15.5. The van der Waals surface area contributed by atoms with Crippen molar-refractivity contribution in [3.05, 3.63) is 66.0 Å². The van der Waals surface area contributed by atoms with Gasteiger partial charge in [-0.3, -0.25) is 4.72 Å². The number of nitrogens with one attached hydrogen (secondary N) is 2. The van der Waals surface area contributed by atoms with Gasteiger partial charge in [-0.15, -0.1) is 11.3 Å². The maximum atomic E-state index is 13.2. The third-order valence-corrected chi connectivity index (χ3v) is 7.06. The minimum Gasteiger partial charge on any atom is -0.377 e. The summed E-state index contributed by atoms with van der Waals surface area (Å²) in [6, 6.07) is 18.3. The fourth-order valence-corrected chi connectivity index (χ4v) is 5.32. The standard InChI is InChI=1S/C22H22N4O2S2.C2H4O.3C2H6/c1-23-22-24-19(14-29-22)15-7-4-8-16(13-15)25-30(27,28)21-12-6-9-17-18(21)10-5-11-20(17)26(2)3;1-2-3;3*1-2/h4-14,25H,1-3H3,(H,23,24);2H,1H3;3*1-2H3. The van der Waals surface area contributed by atoms with E-state index in [9.17, 15) is 8.42 Å². The van der Waals surface area contributed by atoms with Crippen molar-refractivity contribution in [3.8, 4) is 11.3 Å². The van der Waals surface area contributed by atoms with Gasteiger partial charge in [0.15, 0.2) is 5.13 Å². The molecule has 1 aromatic heterocycles. The zero-order valence-electron chi connectivity index (χ0n) is 24.9. The predicted molar refractivity (Wildman–Crippen MR) is 172 cm³/mol. The molecule has 39 heavy (non-hydrogen) atoms. The molecule has 0 amide bonds. The summed E-state index contributed by atoms with van der Waals surface area (Å²) in [5, 5.41) is 7.34. The monoisotopic (exact) mass is 572 g/mol. The van der Waals surface area contributed by atoms with E-state index >= 15 is 0 Å². The molecule has 0 bridgehead atoms. The highest BCUT2D eigenvalue weighted by atomic mass is 32.2. The number of thiazole rings is 1. The second-order valence-corrected chi connectivity index (χ2v) is 9.74. The van der Waals surface area contributed by atoms with Gasteiger partial charge in [-0.25, -0.2) is 13.4 Å². The number of rotatable bonds is 6. The van der Waals surface area contributed by atoms with Crippen molar-refractivity contribution in [2.45, 2.75) is 53.4 Å². The summed E-state index contributed by atoms with van der Waals surface area (Å²) in [6.07, 6.45) is 0.750. The number of benzene rings is 3. The van der Waals surface area contributed by atoms with Gasteiger partial charge in [0.05, 0.1) is 10.6 Å². The second kappa shape index (κ2) is 18.8. The number of anilines is 3. The van der Waals surface area contributed by atoms with Crippen LogP contribution in [0.4, 0.5) is 16.5 Å². The quantitative estimate of drug-likeness (QED) is 0.227.